The number of nitrogens with one attached hydrogen (secondary N) is 1. The molecule has 0 atom stereocenters. The van der Waals surface area contributed by atoms with Crippen LogP contribution in [0.1, 0.15) is 15.9 Å². The molecule has 154 valence electrons. The molecule has 0 bridgehead atoms. The van der Waals surface area contributed by atoms with Crippen molar-refractivity contribution >= 4 is 22.2 Å². The Kier molecular flexibility index (Phi) is 6.43. The van der Waals surface area contributed by atoms with Crippen molar-refractivity contribution in [2.24, 2.45) is 5.10 Å². The Morgan fingerprint density at radius 3 is 2.37 bits per heavy atom. The van der Waals surface area contributed by atoms with Gasteiger partial charge >= 0.3 is 5.97 Å². The average molecular weight is 428 g/mol. The second kappa shape index (κ2) is 9.19. The maximum atomic E-state index is 13.0. The number of methoxy groups -OCH3 is 1. The van der Waals surface area contributed by atoms with Crippen molar-refractivity contribution in [1.82, 2.24) is 4.83 Å². The maximum absolute atomic E-state index is 13.0. The molecule has 0 unspecified atom stereocenters. The molecule has 0 aliphatic rings. The Morgan fingerprint density at radius 2 is 1.70 bits per heavy atom. The number of rotatable bonds is 7. The van der Waals surface area contributed by atoms with E-state index in [1.165, 1.54) is 49.7 Å². The van der Waals surface area contributed by atoms with Gasteiger partial charge in [0.25, 0.3) is 10.0 Å². The summed E-state index contributed by atoms with van der Waals surface area (Å²) >= 11 is 0. The van der Waals surface area contributed by atoms with E-state index in [-0.39, 0.29) is 22.0 Å². The van der Waals surface area contributed by atoms with Crippen molar-refractivity contribution in [3.63, 3.8) is 0 Å². The molecule has 0 aromatic heterocycles. The van der Waals surface area contributed by atoms with Gasteiger partial charge in [-0.25, -0.2) is 14.0 Å². The van der Waals surface area contributed by atoms with Crippen LogP contribution in [-0.4, -0.2) is 27.7 Å². The lowest BCUT2D eigenvalue weighted by Gasteiger charge is -2.10. The first kappa shape index (κ1) is 21.0. The Balaban J connectivity index is 1.71. The normalized spacial score (nSPS) is 11.3. The Hall–Kier alpha value is -3.72. The van der Waals surface area contributed by atoms with E-state index in [4.69, 9.17) is 9.47 Å². The monoisotopic (exact) mass is 428 g/mol. The van der Waals surface area contributed by atoms with E-state index in [9.17, 15) is 17.6 Å². The summed E-state index contributed by atoms with van der Waals surface area (Å²) in [5, 5.41) is 3.75. The molecule has 0 heterocycles. The number of carbonyl (C=O) groups excluding carboxylic acids is 1. The fourth-order valence-corrected chi connectivity index (χ4v) is 3.23. The molecule has 30 heavy (non-hydrogen) atoms. The number of halogens is 1. The van der Waals surface area contributed by atoms with Crippen LogP contribution < -0.4 is 14.3 Å². The number of benzene rings is 3. The number of ether oxygens (including phenoxy) is 2. The van der Waals surface area contributed by atoms with Crippen molar-refractivity contribution in [2.45, 2.75) is 4.90 Å². The fraction of sp³-hybridized carbons (Fsp3) is 0.0476. The topological polar surface area (TPSA) is 94.1 Å². The molecule has 3 aromatic rings. The molecule has 7 nitrogen and oxygen atoms in total. The van der Waals surface area contributed by atoms with E-state index in [1.54, 1.807) is 24.3 Å². The molecule has 0 saturated carbocycles. The lowest BCUT2D eigenvalue weighted by atomic mass is 10.2. The molecule has 1 N–H and O–H groups in total. The molecule has 3 rings (SSSR count). The zero-order chi connectivity index (χ0) is 21.6. The minimum absolute atomic E-state index is 0.0859. The highest BCUT2D eigenvalue weighted by Crippen LogP contribution is 2.28. The van der Waals surface area contributed by atoms with Gasteiger partial charge in [-0.05, 0) is 60.2 Å². The van der Waals surface area contributed by atoms with Gasteiger partial charge in [-0.2, -0.15) is 13.5 Å². The Morgan fingerprint density at radius 1 is 1.00 bits per heavy atom. The van der Waals surface area contributed by atoms with E-state index >= 15 is 0 Å². The van der Waals surface area contributed by atoms with Crippen LogP contribution in [-0.2, 0) is 10.0 Å². The second-order valence-electron chi connectivity index (χ2n) is 5.97. The van der Waals surface area contributed by atoms with Crippen LogP contribution in [0.3, 0.4) is 0 Å². The minimum Gasteiger partial charge on any atom is -0.493 e. The smallest absolute Gasteiger partial charge is 0.343 e. The molecule has 0 spiro atoms. The number of esters is 1. The van der Waals surface area contributed by atoms with E-state index in [0.717, 1.165) is 12.1 Å². The second-order valence-corrected chi connectivity index (χ2v) is 7.63. The highest BCUT2D eigenvalue weighted by molar-refractivity contribution is 7.89. The fourth-order valence-electron chi connectivity index (χ4n) is 2.42. The summed E-state index contributed by atoms with van der Waals surface area (Å²) in [6, 6.07) is 17.3. The zero-order valence-corrected chi connectivity index (χ0v) is 16.6. The van der Waals surface area contributed by atoms with Crippen molar-refractivity contribution in [3.8, 4) is 11.5 Å². The van der Waals surface area contributed by atoms with Crippen molar-refractivity contribution in [1.29, 1.82) is 0 Å². The summed E-state index contributed by atoms with van der Waals surface area (Å²) < 4.78 is 47.8. The van der Waals surface area contributed by atoms with Crippen molar-refractivity contribution in [3.05, 3.63) is 89.7 Å². The summed E-state index contributed by atoms with van der Waals surface area (Å²) in [6.07, 6.45) is 1.29. The van der Waals surface area contributed by atoms with Crippen LogP contribution in [0.2, 0.25) is 0 Å². The van der Waals surface area contributed by atoms with Crippen LogP contribution in [0.15, 0.2) is 82.8 Å². The molecule has 0 fully saturated rings. The van der Waals surface area contributed by atoms with E-state index in [1.807, 2.05) is 0 Å². The molecule has 0 radical (unpaired) electrons. The zero-order valence-electron chi connectivity index (χ0n) is 15.8. The number of sulfonamides is 1. The first-order chi connectivity index (χ1) is 14.4. The van der Waals surface area contributed by atoms with Gasteiger partial charge in [0, 0.05) is 0 Å². The van der Waals surface area contributed by atoms with Crippen molar-refractivity contribution in [2.75, 3.05) is 7.11 Å². The quantitative estimate of drug-likeness (QED) is 0.270. The van der Waals surface area contributed by atoms with Crippen LogP contribution in [0, 0.1) is 5.82 Å². The minimum atomic E-state index is -3.78. The molecule has 0 saturated heterocycles. The SMILES string of the molecule is COc1cc(/C=N\NS(=O)(=O)c2ccccc2)ccc1OC(=O)c1ccc(F)cc1. The van der Waals surface area contributed by atoms with Gasteiger partial charge in [0.2, 0.25) is 0 Å². The van der Waals surface area contributed by atoms with Crippen LogP contribution in [0.25, 0.3) is 0 Å². The number of nitrogens with zero attached hydrogens (tertiary/aromatic N) is 1. The van der Waals surface area contributed by atoms with Crippen LogP contribution >= 0.6 is 0 Å². The Labute approximate surface area is 172 Å². The molecule has 0 aliphatic heterocycles. The summed E-state index contributed by atoms with van der Waals surface area (Å²) in [5.41, 5.74) is 0.684. The highest BCUT2D eigenvalue weighted by Gasteiger charge is 2.14. The summed E-state index contributed by atoms with van der Waals surface area (Å²) in [4.78, 5) is 14.4. The number of carbonyl (C=O) groups is 1. The first-order valence-corrected chi connectivity index (χ1v) is 10.1. The van der Waals surface area contributed by atoms with Gasteiger partial charge in [0.05, 0.1) is 23.8 Å². The third-order valence-electron chi connectivity index (χ3n) is 3.91. The van der Waals surface area contributed by atoms with Gasteiger partial charge < -0.3 is 9.47 Å². The first-order valence-electron chi connectivity index (χ1n) is 8.65. The number of hydrazone groups is 1. The van der Waals surface area contributed by atoms with E-state index in [0.29, 0.717) is 5.56 Å². The summed E-state index contributed by atoms with van der Waals surface area (Å²) in [6.45, 7) is 0. The standard InChI is InChI=1S/C21H17FN2O5S/c1-28-20-13-15(14-23-24-30(26,27)18-5-3-2-4-6-18)7-12-19(20)29-21(25)16-8-10-17(22)11-9-16/h2-14,24H,1H3/b23-14-. The molecule has 0 aliphatic carbocycles. The van der Waals surface area contributed by atoms with Crippen LogP contribution in [0.5, 0.6) is 11.5 Å². The number of hydrogen-bond acceptors (Lipinski definition) is 6. The van der Waals surface area contributed by atoms with E-state index in [2.05, 4.69) is 9.93 Å². The third kappa shape index (κ3) is 5.21. The van der Waals surface area contributed by atoms with Gasteiger partial charge in [-0.3, -0.25) is 0 Å². The molecular weight excluding hydrogens is 411 g/mol. The van der Waals surface area contributed by atoms with Gasteiger partial charge in [0.1, 0.15) is 5.82 Å². The molecule has 3 aromatic carbocycles. The number of hydrogen-bond donors (Lipinski definition) is 1. The largest absolute Gasteiger partial charge is 0.493 e. The molecular formula is C21H17FN2O5S. The summed E-state index contributed by atoms with van der Waals surface area (Å²) in [5.74, 6) is -0.754. The highest BCUT2D eigenvalue weighted by atomic mass is 32.2. The van der Waals surface area contributed by atoms with Gasteiger partial charge in [-0.1, -0.05) is 18.2 Å². The maximum Gasteiger partial charge on any atom is 0.343 e. The Bertz CT molecular complexity index is 1160. The predicted octanol–water partition coefficient (Wildman–Crippen LogP) is 3.37. The molecule has 0 amide bonds. The van der Waals surface area contributed by atoms with Crippen molar-refractivity contribution < 1.29 is 27.1 Å². The third-order valence-corrected chi connectivity index (χ3v) is 5.15. The molecule has 9 heteroatoms. The predicted molar refractivity (Wildman–Crippen MR) is 109 cm³/mol. The van der Waals surface area contributed by atoms with Gasteiger partial charge in [0.15, 0.2) is 11.5 Å². The van der Waals surface area contributed by atoms with E-state index < -0.39 is 21.8 Å². The lowest BCUT2D eigenvalue weighted by molar-refractivity contribution is 0.0729. The summed E-state index contributed by atoms with van der Waals surface area (Å²) in [7, 11) is -2.39. The average Bonchev–Trinajstić information content (AvgIpc) is 2.75. The van der Waals surface area contributed by atoms with Crippen LogP contribution in [0.4, 0.5) is 4.39 Å². The lowest BCUT2D eigenvalue weighted by Crippen LogP contribution is -2.18. The van der Waals surface area contributed by atoms with Gasteiger partial charge in [-0.15, -0.1) is 0 Å².